The smallest absolute Gasteiger partial charge is 0.326 e. The van der Waals surface area contributed by atoms with Crippen LogP contribution in [0.15, 0.2) is 0 Å². The second-order valence-corrected chi connectivity index (χ2v) is 4.79. The van der Waals surface area contributed by atoms with Crippen LogP contribution in [0.25, 0.3) is 0 Å². The van der Waals surface area contributed by atoms with E-state index in [2.05, 4.69) is 0 Å². The van der Waals surface area contributed by atoms with Crippen LogP contribution in [0.5, 0.6) is 0 Å². The largest absolute Gasteiger partial charge is 0.480 e. The first kappa shape index (κ1) is 13.8. The Morgan fingerprint density at radius 2 is 2.18 bits per heavy atom. The second-order valence-electron chi connectivity index (χ2n) is 4.37. The molecule has 1 fully saturated rings. The normalized spacial score (nSPS) is 21.4. The summed E-state index contributed by atoms with van der Waals surface area (Å²) in [4.78, 5) is 35.1. The molecule has 2 atom stereocenters. The molecule has 0 aromatic carbocycles. The number of ketones is 2. The fourth-order valence-corrected chi connectivity index (χ4v) is 2.22. The third-order valence-corrected chi connectivity index (χ3v) is 3.36. The van der Waals surface area contributed by atoms with Crippen LogP contribution in [0.4, 0.5) is 0 Å². The number of likely N-dealkylation sites (tertiary alicyclic amines) is 1. The van der Waals surface area contributed by atoms with Crippen molar-refractivity contribution >= 4 is 34.7 Å². The van der Waals surface area contributed by atoms with Crippen molar-refractivity contribution in [3.63, 3.8) is 0 Å². The summed E-state index contributed by atoms with van der Waals surface area (Å²) in [6.07, 6.45) is 0.262. The van der Waals surface area contributed by atoms with E-state index < -0.39 is 12.0 Å². The molecule has 0 saturated carbocycles. The quantitative estimate of drug-likeness (QED) is 0.746. The van der Waals surface area contributed by atoms with Gasteiger partial charge in [-0.1, -0.05) is 19.1 Å². The lowest BCUT2D eigenvalue weighted by molar-refractivity contribution is -0.141. The fourth-order valence-electron chi connectivity index (χ4n) is 1.94. The summed E-state index contributed by atoms with van der Waals surface area (Å²) in [5, 5.41) is 8.99. The monoisotopic (exact) mass is 257 g/mol. The van der Waals surface area contributed by atoms with Gasteiger partial charge in [-0.15, -0.1) is 0 Å². The lowest BCUT2D eigenvalue weighted by atomic mass is 10.0. The summed E-state index contributed by atoms with van der Waals surface area (Å²) in [6, 6.07) is -0.871. The Balaban J connectivity index is 2.76. The zero-order valence-corrected chi connectivity index (χ0v) is 10.6. The molecule has 5 nitrogen and oxygen atoms in total. The van der Waals surface area contributed by atoms with Crippen LogP contribution in [0.1, 0.15) is 26.7 Å². The van der Waals surface area contributed by atoms with Crippen LogP contribution in [-0.2, 0) is 14.4 Å². The lowest BCUT2D eigenvalue weighted by Gasteiger charge is -2.26. The number of hydrogen-bond donors (Lipinski definition) is 1. The molecule has 17 heavy (non-hydrogen) atoms. The minimum absolute atomic E-state index is 0.00255. The molecule has 0 aliphatic carbocycles. The first-order valence-corrected chi connectivity index (χ1v) is 5.78. The Bertz CT molecular complexity index is 380. The highest BCUT2D eigenvalue weighted by atomic mass is 32.1. The van der Waals surface area contributed by atoms with Crippen molar-refractivity contribution in [2.45, 2.75) is 32.7 Å². The predicted molar refractivity (Wildman–Crippen MR) is 64.8 cm³/mol. The molecule has 1 rings (SSSR count). The zero-order chi connectivity index (χ0) is 13.2. The van der Waals surface area contributed by atoms with E-state index in [1.165, 1.54) is 11.8 Å². The molecule has 1 saturated heterocycles. The van der Waals surface area contributed by atoms with Crippen molar-refractivity contribution in [1.82, 2.24) is 4.90 Å². The first-order chi connectivity index (χ1) is 7.82. The molecular formula is C11H15NO4S. The van der Waals surface area contributed by atoms with Gasteiger partial charge in [-0.05, 0) is 6.92 Å². The van der Waals surface area contributed by atoms with Crippen LogP contribution in [-0.4, -0.2) is 45.1 Å². The minimum Gasteiger partial charge on any atom is -0.480 e. The van der Waals surface area contributed by atoms with Crippen LogP contribution < -0.4 is 0 Å². The molecule has 94 valence electrons. The average Bonchev–Trinajstić information content (AvgIpc) is 2.58. The van der Waals surface area contributed by atoms with Gasteiger partial charge in [0.1, 0.15) is 11.8 Å². The summed E-state index contributed by atoms with van der Waals surface area (Å²) in [7, 11) is 0. The molecule has 1 aliphatic heterocycles. The maximum atomic E-state index is 11.3. The summed E-state index contributed by atoms with van der Waals surface area (Å²) in [5.74, 6) is -1.39. The van der Waals surface area contributed by atoms with Crippen molar-refractivity contribution < 1.29 is 19.5 Å². The van der Waals surface area contributed by atoms with E-state index in [9.17, 15) is 14.4 Å². The summed E-state index contributed by atoms with van der Waals surface area (Å²) >= 11 is 5.16. The number of carbonyl (C=O) groups is 3. The van der Waals surface area contributed by atoms with Crippen molar-refractivity contribution in [3.05, 3.63) is 0 Å². The van der Waals surface area contributed by atoms with Crippen LogP contribution in [0.3, 0.4) is 0 Å². The van der Waals surface area contributed by atoms with Crippen molar-refractivity contribution in [2.75, 3.05) is 6.54 Å². The first-order valence-electron chi connectivity index (χ1n) is 5.37. The molecule has 0 amide bonds. The molecule has 0 bridgehead atoms. The number of rotatable bonds is 4. The van der Waals surface area contributed by atoms with Gasteiger partial charge < -0.3 is 14.8 Å². The number of carbonyl (C=O) groups excluding carboxylic acids is 2. The van der Waals surface area contributed by atoms with Gasteiger partial charge in [0.15, 0.2) is 5.78 Å². The number of carboxylic acids is 1. The Morgan fingerprint density at radius 1 is 1.59 bits per heavy atom. The van der Waals surface area contributed by atoms with E-state index in [-0.39, 0.29) is 36.9 Å². The Kier molecular flexibility index (Phi) is 4.34. The van der Waals surface area contributed by atoms with Crippen molar-refractivity contribution in [1.29, 1.82) is 0 Å². The number of aliphatic carboxylic acids is 1. The Morgan fingerprint density at radius 3 is 2.65 bits per heavy atom. The maximum Gasteiger partial charge on any atom is 0.326 e. The summed E-state index contributed by atoms with van der Waals surface area (Å²) in [6.45, 7) is 3.27. The van der Waals surface area contributed by atoms with Gasteiger partial charge in [-0.3, -0.25) is 4.79 Å². The van der Waals surface area contributed by atoms with E-state index in [1.807, 2.05) is 0 Å². The molecule has 0 radical (unpaired) electrons. The highest BCUT2D eigenvalue weighted by molar-refractivity contribution is 7.80. The van der Waals surface area contributed by atoms with Crippen molar-refractivity contribution in [2.24, 2.45) is 5.92 Å². The number of nitrogens with zero attached hydrogens (tertiary/aromatic N) is 1. The topological polar surface area (TPSA) is 74.7 Å². The van der Waals surface area contributed by atoms with Crippen LogP contribution >= 0.6 is 12.2 Å². The number of carboxylic acid groups (broad SMARTS) is 1. The van der Waals surface area contributed by atoms with Gasteiger partial charge in [-0.2, -0.15) is 0 Å². The molecule has 1 heterocycles. The van der Waals surface area contributed by atoms with Gasteiger partial charge >= 0.3 is 5.97 Å². The highest BCUT2D eigenvalue weighted by Gasteiger charge is 2.38. The summed E-state index contributed by atoms with van der Waals surface area (Å²) < 4.78 is 0. The van der Waals surface area contributed by atoms with E-state index >= 15 is 0 Å². The number of Topliss-reactive ketones (excluding diaryl/α,β-unsaturated/α-hetero) is 2. The molecule has 1 aliphatic rings. The van der Waals surface area contributed by atoms with Crippen molar-refractivity contribution in [3.8, 4) is 0 Å². The van der Waals surface area contributed by atoms with Gasteiger partial charge in [0.2, 0.25) is 0 Å². The third kappa shape index (κ3) is 3.33. The van der Waals surface area contributed by atoms with Gasteiger partial charge in [0.05, 0.1) is 11.5 Å². The van der Waals surface area contributed by atoms with E-state index in [0.717, 1.165) is 0 Å². The maximum absolute atomic E-state index is 11.3. The zero-order valence-electron chi connectivity index (χ0n) is 9.80. The lowest BCUT2D eigenvalue weighted by Crippen LogP contribution is -2.42. The molecule has 1 N–H and O–H groups in total. The van der Waals surface area contributed by atoms with E-state index in [1.54, 1.807) is 6.92 Å². The molecule has 0 aromatic heterocycles. The molecular weight excluding hydrogens is 242 g/mol. The Hall–Kier alpha value is -1.30. The van der Waals surface area contributed by atoms with Gasteiger partial charge in [0.25, 0.3) is 0 Å². The SMILES string of the molecule is CC(=O)C[C@H](C)C(=S)N1CC(=O)C[C@H]1C(=O)O. The molecule has 6 heteroatoms. The fraction of sp³-hybridized carbons (Fsp3) is 0.636. The highest BCUT2D eigenvalue weighted by Crippen LogP contribution is 2.20. The third-order valence-electron chi connectivity index (χ3n) is 2.73. The van der Waals surface area contributed by atoms with E-state index in [0.29, 0.717) is 4.99 Å². The Labute approximate surface area is 105 Å². The van der Waals surface area contributed by atoms with E-state index in [4.69, 9.17) is 17.3 Å². The summed E-state index contributed by atoms with van der Waals surface area (Å²) in [5.41, 5.74) is 0. The minimum atomic E-state index is -1.05. The standard InChI is InChI=1S/C11H15NO4S/c1-6(3-7(2)13)10(17)12-5-8(14)4-9(12)11(15)16/h6,9H,3-5H2,1-2H3,(H,15,16)/t6-,9-/m0/s1. The predicted octanol–water partition coefficient (Wildman–Crippen LogP) is 0.657. The molecule has 0 unspecified atom stereocenters. The average molecular weight is 257 g/mol. The van der Waals surface area contributed by atoms with Crippen LogP contribution in [0, 0.1) is 5.92 Å². The second kappa shape index (κ2) is 5.35. The van der Waals surface area contributed by atoms with Crippen LogP contribution in [0.2, 0.25) is 0 Å². The van der Waals surface area contributed by atoms with Gasteiger partial charge in [0, 0.05) is 18.8 Å². The number of hydrogen-bond acceptors (Lipinski definition) is 4. The number of thiocarbonyl (C=S) groups is 1. The molecule has 0 aromatic rings. The molecule has 0 spiro atoms. The van der Waals surface area contributed by atoms with Gasteiger partial charge in [-0.25, -0.2) is 4.79 Å².